The zero-order chi connectivity index (χ0) is 26.5. The minimum absolute atomic E-state index is 0.221. The van der Waals surface area contributed by atoms with E-state index in [9.17, 15) is 34.1 Å². The summed E-state index contributed by atoms with van der Waals surface area (Å²) in [7, 11) is 4.57. The molecule has 0 atom stereocenters. The van der Waals surface area contributed by atoms with Gasteiger partial charge in [-0.1, -0.05) is 23.9 Å². The molecule has 0 aliphatic heterocycles. The highest BCUT2D eigenvalue weighted by molar-refractivity contribution is 8.02. The van der Waals surface area contributed by atoms with Crippen molar-refractivity contribution in [1.82, 2.24) is 0 Å². The highest BCUT2D eigenvalue weighted by Crippen LogP contribution is 2.55. The number of nitro benzene ring substituents is 1. The van der Waals surface area contributed by atoms with Gasteiger partial charge >= 0.3 is 29.8 Å². The van der Waals surface area contributed by atoms with Crippen LogP contribution in [0.1, 0.15) is 0 Å². The van der Waals surface area contributed by atoms with Gasteiger partial charge in [-0.25, -0.2) is 24.0 Å². The van der Waals surface area contributed by atoms with Crippen molar-refractivity contribution < 1.29 is 52.6 Å². The number of hydrogen-bond donors (Lipinski definition) is 0. The van der Waals surface area contributed by atoms with Gasteiger partial charge in [0.15, 0.2) is 4.75 Å². The summed E-state index contributed by atoms with van der Waals surface area (Å²) in [4.78, 5) is 75.7. The van der Waals surface area contributed by atoms with Crippen LogP contribution in [0.3, 0.4) is 0 Å². The Kier molecular flexibility index (Phi) is 8.36. The number of thioether (sulfide) groups is 1. The molecule has 0 fully saturated rings. The molecule has 1 aliphatic carbocycles. The molecule has 14 heteroatoms. The number of hydrogen-bond acceptors (Lipinski definition) is 13. The number of nitrogens with zero attached hydrogens (tertiary/aromatic N) is 1. The van der Waals surface area contributed by atoms with Crippen LogP contribution in [0.2, 0.25) is 0 Å². The quantitative estimate of drug-likeness (QED) is 0.209. The first-order valence-corrected chi connectivity index (χ1v) is 10.2. The number of carbonyl (C=O) groups excluding carboxylic acids is 5. The minimum atomic E-state index is -2.67. The van der Waals surface area contributed by atoms with E-state index >= 15 is 0 Å². The van der Waals surface area contributed by atoms with E-state index in [2.05, 4.69) is 0 Å². The molecular formula is C21H19NO12S. The largest absolute Gasteiger partial charge is 0.467 e. The van der Waals surface area contributed by atoms with Crippen LogP contribution < -0.4 is 0 Å². The maximum Gasteiger partial charge on any atom is 0.339 e. The zero-order valence-electron chi connectivity index (χ0n) is 19.1. The summed E-state index contributed by atoms with van der Waals surface area (Å²) in [5.41, 5.74) is -3.86. The van der Waals surface area contributed by atoms with E-state index in [1.165, 1.54) is 18.2 Å². The molecule has 0 saturated carbocycles. The number of methoxy groups -OCH3 is 5. The third kappa shape index (κ3) is 4.47. The van der Waals surface area contributed by atoms with Crippen molar-refractivity contribution in [2.24, 2.45) is 0 Å². The molecule has 0 radical (unpaired) electrons. The number of para-hydroxylation sites is 1. The molecule has 0 heterocycles. The molecule has 186 valence electrons. The second-order valence-electron chi connectivity index (χ2n) is 6.47. The average molecular weight is 509 g/mol. The third-order valence-corrected chi connectivity index (χ3v) is 6.26. The predicted octanol–water partition coefficient (Wildman–Crippen LogP) is 0.897. The predicted molar refractivity (Wildman–Crippen MR) is 116 cm³/mol. The second kappa shape index (κ2) is 10.8. The van der Waals surface area contributed by atoms with Crippen molar-refractivity contribution in [3.8, 4) is 0 Å². The van der Waals surface area contributed by atoms with Gasteiger partial charge in [-0.3, -0.25) is 10.1 Å². The van der Waals surface area contributed by atoms with Crippen LogP contribution >= 0.6 is 11.8 Å². The average Bonchev–Trinajstić information content (AvgIpc) is 3.17. The van der Waals surface area contributed by atoms with Crippen LogP contribution in [0.15, 0.2) is 51.5 Å². The molecule has 2 rings (SSSR count). The normalized spacial score (nSPS) is 14.2. The number of carbonyl (C=O) groups is 5. The van der Waals surface area contributed by atoms with Gasteiger partial charge in [0, 0.05) is 6.07 Å². The Hall–Kier alpha value is -4.20. The number of nitro groups is 1. The standard InChI is InChI=1S/C21H19NO12S/c1-30-16(23)12-13(17(24)31-2)15(19(26)33-4)21(20(27)34-5,14(12)18(25)32-3)35-11-9-7-6-8-10(11)22(28)29/h6-9H,1-5H3. The minimum Gasteiger partial charge on any atom is -0.467 e. The molecule has 0 amide bonds. The lowest BCUT2D eigenvalue weighted by atomic mass is 9.93. The molecule has 1 aliphatic rings. The first kappa shape index (κ1) is 27.0. The van der Waals surface area contributed by atoms with Crippen molar-refractivity contribution in [1.29, 1.82) is 0 Å². The van der Waals surface area contributed by atoms with E-state index < -0.39 is 67.5 Å². The third-order valence-electron chi connectivity index (χ3n) is 4.81. The van der Waals surface area contributed by atoms with E-state index in [1.54, 1.807) is 0 Å². The number of rotatable bonds is 8. The highest BCUT2D eigenvalue weighted by Gasteiger charge is 2.63. The maximum atomic E-state index is 13.4. The fraction of sp³-hybridized carbons (Fsp3) is 0.286. The number of ether oxygens (including phenoxy) is 5. The van der Waals surface area contributed by atoms with Gasteiger partial charge in [-0.2, -0.15) is 0 Å². The lowest BCUT2D eigenvalue weighted by Gasteiger charge is -2.29. The molecule has 35 heavy (non-hydrogen) atoms. The van der Waals surface area contributed by atoms with Gasteiger partial charge in [-0.05, 0) is 6.07 Å². The zero-order valence-corrected chi connectivity index (χ0v) is 19.9. The van der Waals surface area contributed by atoms with E-state index in [1.807, 2.05) is 0 Å². The van der Waals surface area contributed by atoms with Gasteiger partial charge in [0.1, 0.15) is 0 Å². The lowest BCUT2D eigenvalue weighted by molar-refractivity contribution is -0.387. The highest BCUT2D eigenvalue weighted by atomic mass is 32.2. The van der Waals surface area contributed by atoms with Crippen molar-refractivity contribution in [3.05, 3.63) is 56.7 Å². The molecule has 0 bridgehead atoms. The van der Waals surface area contributed by atoms with Gasteiger partial charge in [0.2, 0.25) is 0 Å². The summed E-state index contributed by atoms with van der Waals surface area (Å²) in [6.07, 6.45) is 0. The molecule has 0 unspecified atom stereocenters. The summed E-state index contributed by atoms with van der Waals surface area (Å²) in [5.74, 6) is -6.62. The second-order valence-corrected chi connectivity index (χ2v) is 7.72. The topological polar surface area (TPSA) is 175 Å². The van der Waals surface area contributed by atoms with Crippen LogP contribution in [0.4, 0.5) is 5.69 Å². The van der Waals surface area contributed by atoms with Crippen molar-refractivity contribution >= 4 is 47.3 Å². The van der Waals surface area contributed by atoms with Gasteiger partial charge in [-0.15, -0.1) is 0 Å². The molecule has 1 aromatic carbocycles. The Labute approximate surface area is 202 Å². The lowest BCUT2D eigenvalue weighted by Crippen LogP contribution is -2.44. The van der Waals surface area contributed by atoms with E-state index in [4.69, 9.17) is 23.7 Å². The Morgan fingerprint density at radius 2 is 1.17 bits per heavy atom. The van der Waals surface area contributed by atoms with Crippen LogP contribution in [0.25, 0.3) is 0 Å². The number of benzene rings is 1. The van der Waals surface area contributed by atoms with Crippen molar-refractivity contribution in [2.75, 3.05) is 35.5 Å². The summed E-state index contributed by atoms with van der Waals surface area (Å²) in [6.45, 7) is 0. The summed E-state index contributed by atoms with van der Waals surface area (Å²) < 4.78 is 21.1. The first-order chi connectivity index (χ1) is 16.6. The van der Waals surface area contributed by atoms with Crippen LogP contribution in [0.5, 0.6) is 0 Å². The monoisotopic (exact) mass is 509 g/mol. The summed E-state index contributed by atoms with van der Waals surface area (Å²) >= 11 is 0.304. The molecule has 13 nitrogen and oxygen atoms in total. The fourth-order valence-electron chi connectivity index (χ4n) is 3.39. The van der Waals surface area contributed by atoms with Crippen molar-refractivity contribution in [3.63, 3.8) is 0 Å². The SMILES string of the molecule is COC(=O)C1=C(C(=O)OC)C(Sc2ccccc2[N+](=O)[O-])(C(=O)OC)C(C(=O)OC)=C1C(=O)OC. The summed E-state index contributed by atoms with van der Waals surface area (Å²) in [5, 5.41) is 11.6. The molecular weight excluding hydrogens is 490 g/mol. The molecule has 1 aromatic rings. The molecule has 0 spiro atoms. The van der Waals surface area contributed by atoms with Crippen molar-refractivity contribution in [2.45, 2.75) is 9.64 Å². The van der Waals surface area contributed by atoms with Crippen LogP contribution in [-0.2, 0) is 47.7 Å². The summed E-state index contributed by atoms with van der Waals surface area (Å²) in [6, 6.07) is 5.06. The maximum absolute atomic E-state index is 13.4. The molecule has 0 saturated heterocycles. The Morgan fingerprint density at radius 1 is 0.743 bits per heavy atom. The Balaban J connectivity index is 3.20. The Morgan fingerprint density at radius 3 is 1.54 bits per heavy atom. The van der Waals surface area contributed by atoms with E-state index in [0.717, 1.165) is 41.6 Å². The Bertz CT molecular complexity index is 1130. The fourth-order valence-corrected chi connectivity index (χ4v) is 4.85. The number of esters is 5. The first-order valence-electron chi connectivity index (χ1n) is 9.41. The van der Waals surface area contributed by atoms with E-state index in [-0.39, 0.29) is 4.90 Å². The van der Waals surface area contributed by atoms with Gasteiger partial charge < -0.3 is 23.7 Å². The smallest absolute Gasteiger partial charge is 0.339 e. The van der Waals surface area contributed by atoms with Gasteiger partial charge in [0.05, 0.1) is 67.7 Å². The van der Waals surface area contributed by atoms with Gasteiger partial charge in [0.25, 0.3) is 5.69 Å². The van der Waals surface area contributed by atoms with Crippen LogP contribution in [0, 0.1) is 10.1 Å². The van der Waals surface area contributed by atoms with E-state index in [0.29, 0.717) is 11.8 Å². The van der Waals surface area contributed by atoms with Crippen LogP contribution in [-0.4, -0.2) is 75.1 Å². The molecule has 0 N–H and O–H groups in total. The molecule has 0 aromatic heterocycles.